The molecule has 4 nitrogen and oxygen atoms in total. The second-order valence-corrected chi connectivity index (χ2v) is 6.77. The molecule has 2 aromatic carbocycles. The Labute approximate surface area is 166 Å². The number of nitrogens with one attached hydrogen (secondary N) is 1. The molecule has 0 spiro atoms. The molecule has 0 fully saturated rings. The monoisotopic (exact) mass is 374 g/mol. The van der Waals surface area contributed by atoms with E-state index < -0.39 is 0 Å². The number of carbonyl (C=O) groups excluding carboxylic acids is 1. The summed E-state index contributed by atoms with van der Waals surface area (Å²) in [7, 11) is 0. The predicted molar refractivity (Wildman–Crippen MR) is 115 cm³/mol. The van der Waals surface area contributed by atoms with E-state index in [0.717, 1.165) is 28.8 Å². The van der Waals surface area contributed by atoms with Crippen LogP contribution in [0.4, 0.5) is 5.69 Å². The molecule has 0 bridgehead atoms. The molecule has 1 amide bonds. The first kappa shape index (κ1) is 19.6. The van der Waals surface area contributed by atoms with E-state index in [-0.39, 0.29) is 5.91 Å². The fourth-order valence-electron chi connectivity index (χ4n) is 2.89. The van der Waals surface area contributed by atoms with Gasteiger partial charge in [0.1, 0.15) is 12.4 Å². The Bertz CT molecular complexity index is 979. The van der Waals surface area contributed by atoms with Crippen LogP contribution < -0.4 is 10.1 Å². The quantitative estimate of drug-likeness (QED) is 0.393. The fraction of sp³-hybridized carbons (Fsp3) is 0.250. The van der Waals surface area contributed by atoms with E-state index in [1.165, 1.54) is 12.8 Å². The third-order valence-corrected chi connectivity index (χ3v) is 4.42. The van der Waals surface area contributed by atoms with Crippen molar-refractivity contribution in [2.45, 2.75) is 33.1 Å². The standard InChI is InChI=1S/C24H26N2O2/c1-3-4-5-6-7-15-28-22-10-8-9-21(17-22)26-24(27)20-13-14-23-19(16-20)12-11-18(2)25-23/h6-14,16-17H,3-5,15H2,1-2H3,(H,26,27). The number of hydrogen-bond acceptors (Lipinski definition) is 3. The molecule has 0 saturated carbocycles. The number of ether oxygens (including phenoxy) is 1. The van der Waals surface area contributed by atoms with Crippen LogP contribution in [0, 0.1) is 6.92 Å². The summed E-state index contributed by atoms with van der Waals surface area (Å²) in [5.74, 6) is 0.579. The highest BCUT2D eigenvalue weighted by Gasteiger charge is 2.08. The van der Waals surface area contributed by atoms with Crippen molar-refractivity contribution in [2.24, 2.45) is 0 Å². The van der Waals surface area contributed by atoms with Crippen molar-refractivity contribution in [1.82, 2.24) is 4.98 Å². The summed E-state index contributed by atoms with van der Waals surface area (Å²) in [6.45, 7) is 4.66. The number of pyridine rings is 1. The van der Waals surface area contributed by atoms with Gasteiger partial charge in [0.25, 0.3) is 5.91 Å². The minimum Gasteiger partial charge on any atom is -0.489 e. The topological polar surface area (TPSA) is 51.2 Å². The molecule has 0 aliphatic heterocycles. The first-order valence-corrected chi connectivity index (χ1v) is 9.72. The normalized spacial score (nSPS) is 11.1. The van der Waals surface area contributed by atoms with Crippen LogP contribution in [-0.2, 0) is 0 Å². The van der Waals surface area contributed by atoms with Crippen LogP contribution in [-0.4, -0.2) is 17.5 Å². The summed E-state index contributed by atoms with van der Waals surface area (Å²) in [4.78, 5) is 17.1. The first-order chi connectivity index (χ1) is 13.7. The summed E-state index contributed by atoms with van der Waals surface area (Å²) in [5, 5.41) is 3.88. The summed E-state index contributed by atoms with van der Waals surface area (Å²) in [5.41, 5.74) is 3.16. The maximum atomic E-state index is 12.6. The van der Waals surface area contributed by atoms with Crippen molar-refractivity contribution in [3.05, 3.63) is 78.0 Å². The van der Waals surface area contributed by atoms with Gasteiger partial charge < -0.3 is 10.1 Å². The molecule has 0 atom stereocenters. The van der Waals surface area contributed by atoms with Crippen molar-refractivity contribution in [2.75, 3.05) is 11.9 Å². The molecule has 144 valence electrons. The van der Waals surface area contributed by atoms with Gasteiger partial charge in [0.2, 0.25) is 0 Å². The second-order valence-electron chi connectivity index (χ2n) is 6.77. The Morgan fingerprint density at radius 3 is 2.86 bits per heavy atom. The zero-order chi connectivity index (χ0) is 19.8. The van der Waals surface area contributed by atoms with Gasteiger partial charge >= 0.3 is 0 Å². The lowest BCUT2D eigenvalue weighted by Gasteiger charge is -2.09. The van der Waals surface area contributed by atoms with E-state index in [9.17, 15) is 4.79 Å². The smallest absolute Gasteiger partial charge is 0.255 e. The molecular formula is C24H26N2O2. The largest absolute Gasteiger partial charge is 0.489 e. The van der Waals surface area contributed by atoms with E-state index in [4.69, 9.17) is 4.74 Å². The van der Waals surface area contributed by atoms with Crippen molar-refractivity contribution in [1.29, 1.82) is 0 Å². The zero-order valence-corrected chi connectivity index (χ0v) is 16.4. The number of aromatic nitrogens is 1. The van der Waals surface area contributed by atoms with Gasteiger partial charge in [-0.3, -0.25) is 9.78 Å². The third-order valence-electron chi connectivity index (χ3n) is 4.42. The van der Waals surface area contributed by atoms with Crippen LogP contribution >= 0.6 is 0 Å². The molecule has 0 aliphatic rings. The lowest BCUT2D eigenvalue weighted by Crippen LogP contribution is -2.12. The molecule has 0 unspecified atom stereocenters. The SMILES string of the molecule is CCCCC=CCOc1cccc(NC(=O)c2ccc3nc(C)ccc3c2)c1. The molecule has 1 aromatic heterocycles. The van der Waals surface area contributed by atoms with Gasteiger partial charge in [-0.1, -0.05) is 44.1 Å². The maximum absolute atomic E-state index is 12.6. The van der Waals surface area contributed by atoms with Gasteiger partial charge in [0.05, 0.1) is 5.52 Å². The van der Waals surface area contributed by atoms with Gasteiger partial charge in [-0.2, -0.15) is 0 Å². The highest BCUT2D eigenvalue weighted by molar-refractivity contribution is 6.06. The average Bonchev–Trinajstić information content (AvgIpc) is 2.70. The maximum Gasteiger partial charge on any atom is 0.255 e. The molecule has 0 aliphatic carbocycles. The van der Waals surface area contributed by atoms with Crippen LogP contribution in [0.1, 0.15) is 42.2 Å². The number of aryl methyl sites for hydroxylation is 1. The number of hydrogen-bond donors (Lipinski definition) is 1. The van der Waals surface area contributed by atoms with E-state index in [2.05, 4.69) is 23.3 Å². The van der Waals surface area contributed by atoms with E-state index in [1.54, 1.807) is 6.07 Å². The highest BCUT2D eigenvalue weighted by atomic mass is 16.5. The lowest BCUT2D eigenvalue weighted by atomic mass is 10.1. The number of nitrogens with zero attached hydrogens (tertiary/aromatic N) is 1. The van der Waals surface area contributed by atoms with Crippen molar-refractivity contribution in [3.8, 4) is 5.75 Å². The van der Waals surface area contributed by atoms with Gasteiger partial charge in [0, 0.05) is 28.4 Å². The fourth-order valence-corrected chi connectivity index (χ4v) is 2.89. The van der Waals surface area contributed by atoms with Crippen LogP contribution in [0.5, 0.6) is 5.75 Å². The van der Waals surface area contributed by atoms with Crippen molar-refractivity contribution < 1.29 is 9.53 Å². The number of fused-ring (bicyclic) bond motifs is 1. The summed E-state index contributed by atoms with van der Waals surface area (Å²) in [6.07, 6.45) is 7.65. The molecule has 4 heteroatoms. The molecular weight excluding hydrogens is 348 g/mol. The zero-order valence-electron chi connectivity index (χ0n) is 16.4. The second kappa shape index (κ2) is 9.70. The van der Waals surface area contributed by atoms with Crippen LogP contribution in [0.15, 0.2) is 66.7 Å². The Morgan fingerprint density at radius 1 is 1.11 bits per heavy atom. The number of rotatable bonds is 8. The Morgan fingerprint density at radius 2 is 2.00 bits per heavy atom. The van der Waals surface area contributed by atoms with Crippen molar-refractivity contribution >= 4 is 22.5 Å². The number of anilines is 1. The number of carbonyl (C=O) groups is 1. The third kappa shape index (κ3) is 5.43. The summed E-state index contributed by atoms with van der Waals surface area (Å²) < 4.78 is 5.74. The minimum absolute atomic E-state index is 0.154. The first-order valence-electron chi connectivity index (χ1n) is 9.72. The highest BCUT2D eigenvalue weighted by Crippen LogP contribution is 2.20. The molecule has 0 saturated heterocycles. The van der Waals surface area contributed by atoms with Gasteiger partial charge in [-0.05, 0) is 49.7 Å². The molecule has 0 radical (unpaired) electrons. The summed E-state index contributed by atoms with van der Waals surface area (Å²) >= 11 is 0. The number of amides is 1. The van der Waals surface area contributed by atoms with E-state index in [1.807, 2.05) is 61.5 Å². The van der Waals surface area contributed by atoms with Crippen molar-refractivity contribution in [3.63, 3.8) is 0 Å². The van der Waals surface area contributed by atoms with Crippen LogP contribution in [0.3, 0.4) is 0 Å². The number of unbranched alkanes of at least 4 members (excludes halogenated alkanes) is 2. The Balaban J connectivity index is 1.62. The lowest BCUT2D eigenvalue weighted by molar-refractivity contribution is 0.102. The molecule has 1 heterocycles. The molecule has 3 rings (SSSR count). The average molecular weight is 374 g/mol. The number of benzene rings is 2. The Hall–Kier alpha value is -3.14. The molecule has 28 heavy (non-hydrogen) atoms. The van der Waals surface area contributed by atoms with Gasteiger partial charge in [-0.15, -0.1) is 0 Å². The van der Waals surface area contributed by atoms with Crippen LogP contribution in [0.25, 0.3) is 10.9 Å². The minimum atomic E-state index is -0.154. The predicted octanol–water partition coefficient (Wildman–Crippen LogP) is 5.92. The van der Waals surface area contributed by atoms with E-state index in [0.29, 0.717) is 17.9 Å². The van der Waals surface area contributed by atoms with Crippen LogP contribution in [0.2, 0.25) is 0 Å². The number of allylic oxidation sites excluding steroid dienone is 1. The Kier molecular flexibility index (Phi) is 6.79. The van der Waals surface area contributed by atoms with E-state index >= 15 is 0 Å². The van der Waals surface area contributed by atoms with Gasteiger partial charge in [0.15, 0.2) is 0 Å². The molecule has 3 aromatic rings. The van der Waals surface area contributed by atoms with Gasteiger partial charge in [-0.25, -0.2) is 0 Å². The summed E-state index contributed by atoms with van der Waals surface area (Å²) in [6, 6.07) is 16.9. The molecule has 1 N–H and O–H groups in total.